The maximum Gasteiger partial charge on any atom is 0.325 e. The summed E-state index contributed by atoms with van der Waals surface area (Å²) in [4.78, 5) is 10.7. The second kappa shape index (κ2) is 3.73. The third-order valence-corrected chi connectivity index (χ3v) is 2.52. The molecule has 0 unspecified atom stereocenters. The molecule has 8 heteroatoms. The zero-order chi connectivity index (χ0) is 10.8. The van der Waals surface area contributed by atoms with Crippen LogP contribution in [0.2, 0.25) is 0 Å². The summed E-state index contributed by atoms with van der Waals surface area (Å²) in [5, 5.41) is 20.5. The quantitative estimate of drug-likeness (QED) is 0.833. The van der Waals surface area contributed by atoms with Crippen LogP contribution in [0.3, 0.4) is 0 Å². The molecule has 78 valence electrons. The van der Waals surface area contributed by atoms with Crippen LogP contribution in [-0.4, -0.2) is 31.3 Å². The molecule has 0 atom stereocenters. The van der Waals surface area contributed by atoms with Gasteiger partial charge in [-0.05, 0) is 21.9 Å². The highest BCUT2D eigenvalue weighted by atomic mass is 32.1. The normalized spacial score (nSPS) is 10.5. The molecule has 2 rings (SSSR count). The molecular formula is C7H5FN4O2S. The van der Waals surface area contributed by atoms with Gasteiger partial charge in [-0.1, -0.05) is 0 Å². The van der Waals surface area contributed by atoms with E-state index < -0.39 is 11.8 Å². The lowest BCUT2D eigenvalue weighted by Crippen LogP contribution is -2.11. The summed E-state index contributed by atoms with van der Waals surface area (Å²) in [5.41, 5.74) is 0. The summed E-state index contributed by atoms with van der Waals surface area (Å²) >= 11 is 1.12. The highest BCUT2D eigenvalue weighted by Gasteiger charge is 2.16. The fraction of sp³-hybridized carbons (Fsp3) is 0.143. The number of nitrogens with zero attached hydrogens (tertiary/aromatic N) is 4. The molecule has 2 aromatic heterocycles. The van der Waals surface area contributed by atoms with Gasteiger partial charge in [0.25, 0.3) is 0 Å². The minimum absolute atomic E-state index is 0.130. The Labute approximate surface area is 87.0 Å². The number of carbonyl (C=O) groups is 1. The highest BCUT2D eigenvalue weighted by Crippen LogP contribution is 2.25. The minimum Gasteiger partial charge on any atom is -0.480 e. The van der Waals surface area contributed by atoms with Crippen LogP contribution in [0.5, 0.6) is 0 Å². The van der Waals surface area contributed by atoms with Crippen LogP contribution in [0.1, 0.15) is 0 Å². The van der Waals surface area contributed by atoms with E-state index in [1.54, 1.807) is 5.38 Å². The van der Waals surface area contributed by atoms with Gasteiger partial charge in [-0.3, -0.25) is 4.79 Å². The number of aliphatic carboxylic acids is 1. The number of hydrogen-bond donors (Lipinski definition) is 1. The molecule has 0 radical (unpaired) electrons. The first-order chi connectivity index (χ1) is 7.18. The van der Waals surface area contributed by atoms with Gasteiger partial charge in [0.2, 0.25) is 0 Å². The van der Waals surface area contributed by atoms with E-state index in [-0.39, 0.29) is 17.2 Å². The molecule has 2 heterocycles. The van der Waals surface area contributed by atoms with Gasteiger partial charge in [0.05, 0.1) is 0 Å². The zero-order valence-electron chi connectivity index (χ0n) is 7.29. The maximum absolute atomic E-state index is 13.2. The average Bonchev–Trinajstić information content (AvgIpc) is 2.73. The Kier molecular flexibility index (Phi) is 2.42. The van der Waals surface area contributed by atoms with Gasteiger partial charge < -0.3 is 5.11 Å². The molecule has 0 aliphatic rings. The second-order valence-corrected chi connectivity index (χ2v) is 3.57. The van der Waals surface area contributed by atoms with E-state index in [0.29, 0.717) is 0 Å². The third kappa shape index (κ3) is 1.84. The molecule has 15 heavy (non-hydrogen) atoms. The van der Waals surface area contributed by atoms with E-state index >= 15 is 0 Å². The number of carboxylic acid groups (broad SMARTS) is 1. The number of hydrogen-bond acceptors (Lipinski definition) is 5. The average molecular weight is 228 g/mol. The van der Waals surface area contributed by atoms with Crippen LogP contribution in [0.4, 0.5) is 4.39 Å². The third-order valence-electron chi connectivity index (χ3n) is 1.64. The number of tetrazole rings is 1. The molecule has 0 aliphatic heterocycles. The van der Waals surface area contributed by atoms with E-state index in [1.807, 2.05) is 0 Å². The van der Waals surface area contributed by atoms with Gasteiger partial charge in [0, 0.05) is 0 Å². The van der Waals surface area contributed by atoms with Gasteiger partial charge in [-0.25, -0.2) is 9.07 Å². The Morgan fingerprint density at radius 1 is 1.67 bits per heavy atom. The molecule has 2 aromatic rings. The van der Waals surface area contributed by atoms with Crippen molar-refractivity contribution in [2.24, 2.45) is 0 Å². The van der Waals surface area contributed by atoms with E-state index in [0.717, 1.165) is 16.0 Å². The molecule has 0 bridgehead atoms. The SMILES string of the molecule is O=C(O)Cn1nnnc1-c1sccc1F. The molecule has 6 nitrogen and oxygen atoms in total. The fourth-order valence-corrected chi connectivity index (χ4v) is 1.81. The molecule has 0 spiro atoms. The Balaban J connectivity index is 2.41. The lowest BCUT2D eigenvalue weighted by atomic mass is 10.4. The highest BCUT2D eigenvalue weighted by molar-refractivity contribution is 7.13. The lowest BCUT2D eigenvalue weighted by Gasteiger charge is -1.98. The zero-order valence-corrected chi connectivity index (χ0v) is 8.11. The molecule has 0 amide bonds. The Bertz CT molecular complexity index is 495. The number of rotatable bonds is 3. The van der Waals surface area contributed by atoms with E-state index in [4.69, 9.17) is 5.11 Å². The van der Waals surface area contributed by atoms with E-state index in [9.17, 15) is 9.18 Å². The van der Waals surface area contributed by atoms with Crippen molar-refractivity contribution in [1.29, 1.82) is 0 Å². The van der Waals surface area contributed by atoms with Crippen LogP contribution >= 0.6 is 11.3 Å². The molecule has 0 saturated carbocycles. The number of aromatic nitrogens is 4. The van der Waals surface area contributed by atoms with Crippen LogP contribution in [0.15, 0.2) is 11.4 Å². The largest absolute Gasteiger partial charge is 0.480 e. The van der Waals surface area contributed by atoms with Gasteiger partial charge in [0.1, 0.15) is 17.2 Å². The molecule has 0 saturated heterocycles. The monoisotopic (exact) mass is 228 g/mol. The molecular weight excluding hydrogens is 223 g/mol. The first-order valence-corrected chi connectivity index (χ1v) is 4.78. The summed E-state index contributed by atoms with van der Waals surface area (Å²) in [5.74, 6) is -1.41. The van der Waals surface area contributed by atoms with Crippen molar-refractivity contribution in [3.8, 4) is 10.7 Å². The van der Waals surface area contributed by atoms with Gasteiger partial charge in [-0.15, -0.1) is 16.4 Å². The summed E-state index contributed by atoms with van der Waals surface area (Å²) in [6.07, 6.45) is 0. The van der Waals surface area contributed by atoms with Crippen LogP contribution in [0, 0.1) is 5.82 Å². The summed E-state index contributed by atoms with van der Waals surface area (Å²) < 4.78 is 14.2. The first kappa shape index (κ1) is 9.71. The van der Waals surface area contributed by atoms with Gasteiger partial charge in [0.15, 0.2) is 5.82 Å². The van der Waals surface area contributed by atoms with E-state index in [2.05, 4.69) is 15.5 Å². The first-order valence-electron chi connectivity index (χ1n) is 3.90. The summed E-state index contributed by atoms with van der Waals surface area (Å²) in [6.45, 7) is -0.389. The second-order valence-electron chi connectivity index (χ2n) is 2.65. The fourth-order valence-electron chi connectivity index (χ4n) is 1.06. The molecule has 0 aliphatic carbocycles. The van der Waals surface area contributed by atoms with Gasteiger partial charge in [-0.2, -0.15) is 0 Å². The molecule has 0 fully saturated rings. The predicted molar refractivity (Wildman–Crippen MR) is 48.7 cm³/mol. The van der Waals surface area contributed by atoms with Crippen molar-refractivity contribution in [2.75, 3.05) is 0 Å². The van der Waals surface area contributed by atoms with Crippen LogP contribution < -0.4 is 0 Å². The minimum atomic E-state index is -1.08. The van der Waals surface area contributed by atoms with Crippen molar-refractivity contribution in [1.82, 2.24) is 20.2 Å². The standard InChI is InChI=1S/C7H5FN4O2S/c8-4-1-2-15-6(4)7-9-10-11-12(7)3-5(13)14/h1-2H,3H2,(H,13,14). The molecule has 0 aromatic carbocycles. The van der Waals surface area contributed by atoms with Crippen molar-refractivity contribution >= 4 is 17.3 Å². The van der Waals surface area contributed by atoms with Gasteiger partial charge >= 0.3 is 5.97 Å². The lowest BCUT2D eigenvalue weighted by molar-refractivity contribution is -0.137. The smallest absolute Gasteiger partial charge is 0.325 e. The maximum atomic E-state index is 13.2. The number of thiophene rings is 1. The Hall–Kier alpha value is -1.83. The summed E-state index contributed by atoms with van der Waals surface area (Å²) in [7, 11) is 0. The van der Waals surface area contributed by atoms with E-state index in [1.165, 1.54) is 6.07 Å². The van der Waals surface area contributed by atoms with Crippen LogP contribution in [0.25, 0.3) is 10.7 Å². The summed E-state index contributed by atoms with van der Waals surface area (Å²) in [6, 6.07) is 1.28. The van der Waals surface area contributed by atoms with Crippen molar-refractivity contribution < 1.29 is 14.3 Å². The topological polar surface area (TPSA) is 80.9 Å². The Morgan fingerprint density at radius 3 is 3.07 bits per heavy atom. The number of halogens is 1. The number of carboxylic acids is 1. The predicted octanol–water partition coefficient (Wildman–Crippen LogP) is 0.625. The van der Waals surface area contributed by atoms with Crippen molar-refractivity contribution in [2.45, 2.75) is 6.54 Å². The molecule has 1 N–H and O–H groups in total. The van der Waals surface area contributed by atoms with Crippen molar-refractivity contribution in [3.05, 3.63) is 17.3 Å². The van der Waals surface area contributed by atoms with Crippen LogP contribution in [-0.2, 0) is 11.3 Å². The Morgan fingerprint density at radius 2 is 2.47 bits per heavy atom. The van der Waals surface area contributed by atoms with Crippen molar-refractivity contribution in [3.63, 3.8) is 0 Å².